The maximum atomic E-state index is 13.4. The van der Waals surface area contributed by atoms with Crippen molar-refractivity contribution in [2.24, 2.45) is 0 Å². The SMILES string of the molecule is Nc1cncc(C(=O)NC2(C(=O)NCc3ccc(Nc4ccc(Br)cc4C(F)(F)F)cn3)CCOC2)c1. The number of nitrogens with one attached hydrogen (secondary N) is 3. The molecular weight excluding hydrogens is 557 g/mol. The zero-order chi connectivity index (χ0) is 26.6. The molecule has 4 rings (SSSR count). The number of halogens is 4. The van der Waals surface area contributed by atoms with Crippen LogP contribution in [0.1, 0.15) is 28.0 Å². The number of hydrogen-bond acceptors (Lipinski definition) is 7. The van der Waals surface area contributed by atoms with Crippen molar-refractivity contribution in [2.45, 2.75) is 24.7 Å². The summed E-state index contributed by atoms with van der Waals surface area (Å²) < 4.78 is 45.8. The third-order valence-electron chi connectivity index (χ3n) is 5.65. The number of benzene rings is 1. The second-order valence-corrected chi connectivity index (χ2v) is 9.29. The number of aromatic nitrogens is 2. The maximum Gasteiger partial charge on any atom is 0.418 e. The Hall–Kier alpha value is -3.71. The molecule has 13 heteroatoms. The van der Waals surface area contributed by atoms with Crippen molar-refractivity contribution >= 4 is 44.8 Å². The van der Waals surface area contributed by atoms with Gasteiger partial charge in [0, 0.05) is 29.9 Å². The van der Waals surface area contributed by atoms with E-state index in [-0.39, 0.29) is 37.4 Å². The Morgan fingerprint density at radius 3 is 2.59 bits per heavy atom. The first-order chi connectivity index (χ1) is 17.6. The van der Waals surface area contributed by atoms with Crippen molar-refractivity contribution in [3.05, 3.63) is 76.3 Å². The van der Waals surface area contributed by atoms with Crippen LogP contribution >= 0.6 is 15.9 Å². The summed E-state index contributed by atoms with van der Waals surface area (Å²) >= 11 is 3.05. The van der Waals surface area contributed by atoms with E-state index in [9.17, 15) is 22.8 Å². The van der Waals surface area contributed by atoms with Crippen molar-refractivity contribution in [3.63, 3.8) is 0 Å². The van der Waals surface area contributed by atoms with Gasteiger partial charge >= 0.3 is 6.18 Å². The first-order valence-electron chi connectivity index (χ1n) is 11.0. The van der Waals surface area contributed by atoms with E-state index < -0.39 is 29.1 Å². The zero-order valence-corrected chi connectivity index (χ0v) is 20.8. The lowest BCUT2D eigenvalue weighted by molar-refractivity contribution is -0.137. The molecule has 5 N–H and O–H groups in total. The Balaban J connectivity index is 1.40. The number of nitrogen functional groups attached to an aromatic ring is 1. The van der Waals surface area contributed by atoms with Gasteiger partial charge in [-0.3, -0.25) is 19.6 Å². The largest absolute Gasteiger partial charge is 0.418 e. The minimum atomic E-state index is -4.54. The number of nitrogens with zero attached hydrogens (tertiary/aromatic N) is 2. The summed E-state index contributed by atoms with van der Waals surface area (Å²) in [6.45, 7) is 0.311. The van der Waals surface area contributed by atoms with Crippen LogP contribution in [0.3, 0.4) is 0 Å². The van der Waals surface area contributed by atoms with Gasteiger partial charge in [-0.15, -0.1) is 0 Å². The van der Waals surface area contributed by atoms with Crippen LogP contribution in [0.2, 0.25) is 0 Å². The van der Waals surface area contributed by atoms with E-state index in [0.29, 0.717) is 21.5 Å². The zero-order valence-electron chi connectivity index (χ0n) is 19.2. The highest BCUT2D eigenvalue weighted by molar-refractivity contribution is 9.10. The molecule has 1 unspecified atom stereocenters. The summed E-state index contributed by atoms with van der Waals surface area (Å²) in [5.41, 5.74) is 4.80. The summed E-state index contributed by atoms with van der Waals surface area (Å²) in [7, 11) is 0. The molecule has 1 atom stereocenters. The van der Waals surface area contributed by atoms with Crippen LogP contribution in [-0.2, 0) is 22.3 Å². The molecule has 1 fully saturated rings. The Morgan fingerprint density at radius 1 is 1.14 bits per heavy atom. The van der Waals surface area contributed by atoms with Crippen LogP contribution in [0.5, 0.6) is 0 Å². The molecule has 1 aliphatic heterocycles. The number of carbonyl (C=O) groups is 2. The monoisotopic (exact) mass is 578 g/mol. The van der Waals surface area contributed by atoms with Crippen molar-refractivity contribution in [1.29, 1.82) is 0 Å². The molecular formula is C24H22BrF3N6O3. The van der Waals surface area contributed by atoms with Crippen LogP contribution < -0.4 is 21.7 Å². The lowest BCUT2D eigenvalue weighted by Gasteiger charge is -2.27. The predicted octanol–water partition coefficient (Wildman–Crippen LogP) is 3.79. The number of alkyl halides is 3. The van der Waals surface area contributed by atoms with Gasteiger partial charge in [-0.2, -0.15) is 13.2 Å². The second kappa shape index (κ2) is 10.7. The Morgan fingerprint density at radius 2 is 1.95 bits per heavy atom. The molecule has 37 heavy (non-hydrogen) atoms. The van der Waals surface area contributed by atoms with Crippen LogP contribution in [0.25, 0.3) is 0 Å². The summed E-state index contributed by atoms with van der Waals surface area (Å²) in [6.07, 6.45) is -0.154. The average molecular weight is 579 g/mol. The van der Waals surface area contributed by atoms with E-state index in [2.05, 4.69) is 41.8 Å². The van der Waals surface area contributed by atoms with Crippen molar-refractivity contribution < 1.29 is 27.5 Å². The number of hydrogen-bond donors (Lipinski definition) is 4. The summed E-state index contributed by atoms with van der Waals surface area (Å²) in [5, 5.41) is 8.20. The van der Waals surface area contributed by atoms with Crippen LogP contribution in [0.4, 0.5) is 30.2 Å². The molecule has 2 amide bonds. The van der Waals surface area contributed by atoms with Crippen LogP contribution in [0, 0.1) is 0 Å². The summed E-state index contributed by atoms with van der Waals surface area (Å²) in [4.78, 5) is 33.8. The minimum Gasteiger partial charge on any atom is -0.397 e. The number of amides is 2. The fourth-order valence-electron chi connectivity index (χ4n) is 3.73. The first kappa shape index (κ1) is 26.4. The number of rotatable bonds is 7. The van der Waals surface area contributed by atoms with Gasteiger partial charge in [-0.05, 0) is 36.4 Å². The molecule has 1 aromatic carbocycles. The lowest BCUT2D eigenvalue weighted by Crippen LogP contribution is -2.59. The van der Waals surface area contributed by atoms with E-state index >= 15 is 0 Å². The molecule has 0 bridgehead atoms. The third-order valence-corrected chi connectivity index (χ3v) is 6.14. The molecule has 0 radical (unpaired) electrons. The molecule has 0 spiro atoms. The second-order valence-electron chi connectivity index (χ2n) is 8.38. The molecule has 3 heterocycles. The van der Waals surface area contributed by atoms with Gasteiger partial charge in [0.15, 0.2) is 0 Å². The summed E-state index contributed by atoms with van der Waals surface area (Å²) in [5.74, 6) is -0.968. The fourth-order valence-corrected chi connectivity index (χ4v) is 4.09. The molecule has 0 aliphatic carbocycles. The first-order valence-corrected chi connectivity index (χ1v) is 11.8. The highest BCUT2D eigenvalue weighted by Gasteiger charge is 2.43. The number of ether oxygens (including phenoxy) is 1. The Bertz CT molecular complexity index is 1300. The molecule has 194 valence electrons. The van der Waals surface area contributed by atoms with Gasteiger partial charge < -0.3 is 26.4 Å². The quantitative estimate of drug-likeness (QED) is 0.335. The van der Waals surface area contributed by atoms with Gasteiger partial charge in [-0.25, -0.2) is 0 Å². The number of anilines is 3. The minimum absolute atomic E-state index is 0.00860. The summed E-state index contributed by atoms with van der Waals surface area (Å²) in [6, 6.07) is 8.39. The van der Waals surface area contributed by atoms with E-state index in [1.807, 2.05) is 0 Å². The van der Waals surface area contributed by atoms with E-state index in [4.69, 9.17) is 10.5 Å². The predicted molar refractivity (Wildman–Crippen MR) is 133 cm³/mol. The number of carbonyl (C=O) groups excluding carboxylic acids is 2. The van der Waals surface area contributed by atoms with Gasteiger partial charge in [0.2, 0.25) is 5.91 Å². The highest BCUT2D eigenvalue weighted by atomic mass is 79.9. The standard InChI is InChI=1S/C24H22BrF3N6O3/c25-15-1-4-20(19(8-15)24(26,27)28)33-18-3-2-17(31-12-18)11-32-22(36)23(5-6-37-13-23)34-21(35)14-7-16(29)10-30-9-14/h1-4,7-10,12,33H,5-6,11,13,29H2,(H,32,36)(H,34,35). The van der Waals surface area contributed by atoms with E-state index in [0.717, 1.165) is 6.07 Å². The third kappa shape index (κ3) is 6.35. The van der Waals surface area contributed by atoms with Crippen LogP contribution in [-0.4, -0.2) is 40.5 Å². The van der Waals surface area contributed by atoms with Crippen molar-refractivity contribution in [1.82, 2.24) is 20.6 Å². The van der Waals surface area contributed by atoms with Crippen LogP contribution in [0.15, 0.2) is 59.5 Å². The Labute approximate surface area is 218 Å². The number of pyridine rings is 2. The Kier molecular flexibility index (Phi) is 7.64. The molecule has 1 saturated heterocycles. The smallest absolute Gasteiger partial charge is 0.397 e. The van der Waals surface area contributed by atoms with Gasteiger partial charge in [0.25, 0.3) is 5.91 Å². The van der Waals surface area contributed by atoms with Crippen molar-refractivity contribution in [3.8, 4) is 0 Å². The van der Waals surface area contributed by atoms with Crippen molar-refractivity contribution in [2.75, 3.05) is 24.3 Å². The molecule has 0 saturated carbocycles. The molecule has 2 aromatic heterocycles. The van der Waals surface area contributed by atoms with Gasteiger partial charge in [0.05, 0.1) is 53.2 Å². The maximum absolute atomic E-state index is 13.4. The topological polar surface area (TPSA) is 131 Å². The number of nitrogens with two attached hydrogens (primary N) is 1. The lowest BCUT2D eigenvalue weighted by atomic mass is 9.96. The van der Waals surface area contributed by atoms with Gasteiger partial charge in [-0.1, -0.05) is 15.9 Å². The molecule has 1 aliphatic rings. The normalized spacial score (nSPS) is 17.3. The van der Waals surface area contributed by atoms with E-state index in [1.165, 1.54) is 36.8 Å². The van der Waals surface area contributed by atoms with Gasteiger partial charge in [0.1, 0.15) is 5.54 Å². The molecule has 3 aromatic rings. The van der Waals surface area contributed by atoms with E-state index in [1.54, 1.807) is 12.1 Å². The average Bonchev–Trinajstić information content (AvgIpc) is 3.33. The highest BCUT2D eigenvalue weighted by Crippen LogP contribution is 2.37. The fraction of sp³-hybridized carbons (Fsp3) is 0.250. The molecule has 9 nitrogen and oxygen atoms in total.